The van der Waals surface area contributed by atoms with E-state index < -0.39 is 23.1 Å². The van der Waals surface area contributed by atoms with Crippen LogP contribution in [0.3, 0.4) is 0 Å². The Morgan fingerprint density at radius 2 is 1.94 bits per heavy atom. The van der Waals surface area contributed by atoms with Gasteiger partial charge >= 0.3 is 6.18 Å². The van der Waals surface area contributed by atoms with Gasteiger partial charge in [-0.25, -0.2) is 0 Å². The number of pyridine rings is 1. The SMILES string of the molecule is C=C(O)c1cc2cc(C(F)(F)F)ccc2[nH]c1=O. The molecule has 0 bridgehead atoms. The Bertz CT molecular complexity index is 686. The third kappa shape index (κ3) is 2.09. The van der Waals surface area contributed by atoms with Crippen molar-refractivity contribution < 1.29 is 18.3 Å². The maximum absolute atomic E-state index is 12.5. The van der Waals surface area contributed by atoms with Crippen molar-refractivity contribution >= 4 is 16.7 Å². The van der Waals surface area contributed by atoms with E-state index in [0.29, 0.717) is 0 Å². The maximum atomic E-state index is 12.5. The minimum Gasteiger partial charge on any atom is -0.508 e. The summed E-state index contributed by atoms with van der Waals surface area (Å²) >= 11 is 0. The molecule has 0 amide bonds. The van der Waals surface area contributed by atoms with Gasteiger partial charge < -0.3 is 10.1 Å². The summed E-state index contributed by atoms with van der Waals surface area (Å²) in [5, 5.41) is 9.33. The Balaban J connectivity index is 2.73. The highest BCUT2D eigenvalue weighted by Crippen LogP contribution is 2.31. The van der Waals surface area contributed by atoms with E-state index in [1.54, 1.807) is 0 Å². The lowest BCUT2D eigenvalue weighted by atomic mass is 10.1. The molecule has 18 heavy (non-hydrogen) atoms. The molecule has 2 N–H and O–H groups in total. The first-order valence-electron chi connectivity index (χ1n) is 4.91. The fourth-order valence-electron chi connectivity index (χ4n) is 1.60. The first-order chi connectivity index (χ1) is 8.29. The molecule has 0 unspecified atom stereocenters. The van der Waals surface area contributed by atoms with Crippen molar-refractivity contribution in [3.8, 4) is 0 Å². The molecule has 0 saturated carbocycles. The van der Waals surface area contributed by atoms with Crippen LogP contribution < -0.4 is 5.56 Å². The summed E-state index contributed by atoms with van der Waals surface area (Å²) in [6, 6.07) is 4.12. The molecule has 0 radical (unpaired) electrons. The summed E-state index contributed by atoms with van der Waals surface area (Å²) in [6.07, 6.45) is -4.46. The fraction of sp³-hybridized carbons (Fsp3) is 0.0833. The summed E-state index contributed by atoms with van der Waals surface area (Å²) in [5.74, 6) is -0.490. The van der Waals surface area contributed by atoms with Crippen molar-refractivity contribution in [2.45, 2.75) is 6.18 Å². The zero-order chi connectivity index (χ0) is 13.5. The highest BCUT2D eigenvalue weighted by atomic mass is 19.4. The average molecular weight is 255 g/mol. The molecule has 0 fully saturated rings. The topological polar surface area (TPSA) is 53.1 Å². The Morgan fingerprint density at radius 1 is 1.28 bits per heavy atom. The number of aromatic nitrogens is 1. The van der Waals surface area contributed by atoms with Crippen molar-refractivity contribution in [3.05, 3.63) is 52.3 Å². The van der Waals surface area contributed by atoms with E-state index in [-0.39, 0.29) is 16.5 Å². The number of alkyl halides is 3. The van der Waals surface area contributed by atoms with Crippen LogP contribution in [0.25, 0.3) is 16.7 Å². The summed E-state index contributed by atoms with van der Waals surface area (Å²) in [4.78, 5) is 13.8. The van der Waals surface area contributed by atoms with Crippen molar-refractivity contribution in [1.29, 1.82) is 0 Å². The molecule has 1 aromatic carbocycles. The summed E-state index contributed by atoms with van der Waals surface area (Å²) in [5.41, 5.74) is -1.31. The number of aliphatic hydroxyl groups excluding tert-OH is 1. The molecule has 0 aliphatic carbocycles. The van der Waals surface area contributed by atoms with Crippen molar-refractivity contribution in [2.75, 3.05) is 0 Å². The molecule has 0 aliphatic heterocycles. The van der Waals surface area contributed by atoms with E-state index in [4.69, 9.17) is 5.11 Å². The highest BCUT2D eigenvalue weighted by molar-refractivity contribution is 5.82. The smallest absolute Gasteiger partial charge is 0.416 e. The van der Waals surface area contributed by atoms with Crippen LogP contribution in [0.4, 0.5) is 13.2 Å². The van der Waals surface area contributed by atoms with Gasteiger partial charge in [-0.05, 0) is 29.7 Å². The van der Waals surface area contributed by atoms with Gasteiger partial charge in [0.05, 0.1) is 11.1 Å². The van der Waals surface area contributed by atoms with E-state index in [9.17, 15) is 18.0 Å². The first kappa shape index (κ1) is 12.2. The number of hydrogen-bond donors (Lipinski definition) is 2. The van der Waals surface area contributed by atoms with Gasteiger partial charge in [0, 0.05) is 5.52 Å². The predicted octanol–water partition coefficient (Wildman–Crippen LogP) is 3.08. The van der Waals surface area contributed by atoms with Crippen molar-refractivity contribution in [2.24, 2.45) is 0 Å². The maximum Gasteiger partial charge on any atom is 0.416 e. The number of nitrogens with one attached hydrogen (secondary N) is 1. The summed E-state index contributed by atoms with van der Waals surface area (Å²) in [6.45, 7) is 3.18. The number of benzene rings is 1. The minimum absolute atomic E-state index is 0.151. The van der Waals surface area contributed by atoms with Crippen LogP contribution in [0.1, 0.15) is 11.1 Å². The number of H-pyrrole nitrogens is 1. The monoisotopic (exact) mass is 255 g/mol. The predicted molar refractivity (Wildman–Crippen MR) is 61.2 cm³/mol. The van der Waals surface area contributed by atoms with Crippen LogP contribution in [0, 0.1) is 0 Å². The molecule has 0 atom stereocenters. The third-order valence-electron chi connectivity index (χ3n) is 2.48. The van der Waals surface area contributed by atoms with Gasteiger partial charge in [0.15, 0.2) is 0 Å². The van der Waals surface area contributed by atoms with E-state index in [1.165, 1.54) is 12.1 Å². The zero-order valence-electron chi connectivity index (χ0n) is 9.01. The zero-order valence-corrected chi connectivity index (χ0v) is 9.01. The molecule has 2 aromatic rings. The largest absolute Gasteiger partial charge is 0.508 e. The average Bonchev–Trinajstić information content (AvgIpc) is 2.25. The molecule has 1 aromatic heterocycles. The van der Waals surface area contributed by atoms with Gasteiger partial charge in [-0.15, -0.1) is 0 Å². The van der Waals surface area contributed by atoms with E-state index in [2.05, 4.69) is 11.6 Å². The molecule has 3 nitrogen and oxygen atoms in total. The normalized spacial score (nSPS) is 11.7. The molecule has 2 rings (SSSR count). The van der Waals surface area contributed by atoms with Crippen LogP contribution in [0.5, 0.6) is 0 Å². The lowest BCUT2D eigenvalue weighted by Gasteiger charge is -2.08. The number of aliphatic hydroxyl groups is 1. The van der Waals surface area contributed by atoms with Gasteiger partial charge in [-0.3, -0.25) is 4.79 Å². The van der Waals surface area contributed by atoms with Crippen molar-refractivity contribution in [1.82, 2.24) is 4.98 Å². The Morgan fingerprint density at radius 3 is 2.50 bits per heavy atom. The number of aromatic amines is 1. The minimum atomic E-state index is -4.46. The van der Waals surface area contributed by atoms with Crippen LogP contribution in [0.15, 0.2) is 35.6 Å². The fourth-order valence-corrected chi connectivity index (χ4v) is 1.60. The Kier molecular flexibility index (Phi) is 2.65. The number of halogens is 3. The van der Waals surface area contributed by atoms with Gasteiger partial charge in [0.2, 0.25) is 0 Å². The molecular formula is C12H8F3NO2. The molecule has 6 heteroatoms. The van der Waals surface area contributed by atoms with E-state index >= 15 is 0 Å². The molecule has 0 aliphatic rings. The lowest BCUT2D eigenvalue weighted by molar-refractivity contribution is -0.137. The van der Waals surface area contributed by atoms with E-state index in [1.807, 2.05) is 0 Å². The molecule has 0 spiro atoms. The van der Waals surface area contributed by atoms with Gasteiger partial charge in [0.1, 0.15) is 5.76 Å². The Hall–Kier alpha value is -2.24. The van der Waals surface area contributed by atoms with Gasteiger partial charge in [-0.2, -0.15) is 13.2 Å². The second-order valence-electron chi connectivity index (χ2n) is 3.76. The number of hydrogen-bond acceptors (Lipinski definition) is 2. The molecule has 94 valence electrons. The second kappa shape index (κ2) is 3.90. The summed E-state index contributed by atoms with van der Waals surface area (Å²) in [7, 11) is 0. The van der Waals surface area contributed by atoms with E-state index in [0.717, 1.165) is 12.1 Å². The van der Waals surface area contributed by atoms with Crippen LogP contribution in [0.2, 0.25) is 0 Å². The van der Waals surface area contributed by atoms with Gasteiger partial charge in [-0.1, -0.05) is 6.58 Å². The molecule has 0 saturated heterocycles. The molecular weight excluding hydrogens is 247 g/mol. The third-order valence-corrected chi connectivity index (χ3v) is 2.48. The van der Waals surface area contributed by atoms with Crippen LogP contribution in [-0.2, 0) is 6.18 Å². The van der Waals surface area contributed by atoms with Crippen molar-refractivity contribution in [3.63, 3.8) is 0 Å². The molecule has 1 heterocycles. The van der Waals surface area contributed by atoms with Crippen LogP contribution in [-0.4, -0.2) is 10.1 Å². The quantitative estimate of drug-likeness (QED) is 0.769. The Labute approximate surface area is 99.2 Å². The standard InChI is InChI=1S/C12H8F3NO2/c1-6(17)9-5-7-4-8(12(13,14)15)2-3-10(7)16-11(9)18/h2-5,17H,1H2,(H,16,18). The number of fused-ring (bicyclic) bond motifs is 1. The first-order valence-corrected chi connectivity index (χ1v) is 4.91. The summed E-state index contributed by atoms with van der Waals surface area (Å²) < 4.78 is 37.5. The van der Waals surface area contributed by atoms with Gasteiger partial charge in [0.25, 0.3) is 5.56 Å². The second-order valence-corrected chi connectivity index (χ2v) is 3.76. The lowest BCUT2D eigenvalue weighted by Crippen LogP contribution is -2.12. The van der Waals surface area contributed by atoms with Crippen LogP contribution >= 0.6 is 0 Å². The number of rotatable bonds is 1. The highest BCUT2D eigenvalue weighted by Gasteiger charge is 2.30.